The van der Waals surface area contributed by atoms with Gasteiger partial charge in [-0.1, -0.05) is 6.92 Å². The fourth-order valence-electron chi connectivity index (χ4n) is 2.76. The summed E-state index contributed by atoms with van der Waals surface area (Å²) in [5, 5.41) is 6.84. The van der Waals surface area contributed by atoms with E-state index in [1.165, 1.54) is 5.56 Å². The Balaban J connectivity index is 2.03. The predicted molar refractivity (Wildman–Crippen MR) is 88.0 cm³/mol. The van der Waals surface area contributed by atoms with Crippen LogP contribution in [0.2, 0.25) is 0 Å². The van der Waals surface area contributed by atoms with Gasteiger partial charge >= 0.3 is 0 Å². The Morgan fingerprint density at radius 1 is 1.14 bits per heavy atom. The summed E-state index contributed by atoms with van der Waals surface area (Å²) < 4.78 is 0. The Bertz CT molecular complexity index is 450. The highest BCUT2D eigenvalue weighted by Crippen LogP contribution is 2.20. The molecule has 21 heavy (non-hydrogen) atoms. The summed E-state index contributed by atoms with van der Waals surface area (Å²) in [5.41, 5.74) is 1.17. The van der Waals surface area contributed by atoms with Crippen molar-refractivity contribution in [2.45, 2.75) is 26.3 Å². The van der Waals surface area contributed by atoms with E-state index in [-0.39, 0.29) is 0 Å². The number of nitrogens with one attached hydrogen (secondary N) is 2. The van der Waals surface area contributed by atoms with Gasteiger partial charge in [-0.25, -0.2) is 9.97 Å². The summed E-state index contributed by atoms with van der Waals surface area (Å²) >= 11 is 0. The van der Waals surface area contributed by atoms with Crippen LogP contribution < -0.4 is 10.6 Å². The zero-order valence-corrected chi connectivity index (χ0v) is 13.7. The zero-order chi connectivity index (χ0) is 15.2. The highest BCUT2D eigenvalue weighted by Gasteiger charge is 2.22. The molecule has 1 aromatic rings. The van der Waals surface area contributed by atoms with Gasteiger partial charge in [0.25, 0.3) is 0 Å². The van der Waals surface area contributed by atoms with Crippen LogP contribution in [0.1, 0.15) is 19.4 Å². The van der Waals surface area contributed by atoms with Crippen molar-refractivity contribution in [3.63, 3.8) is 0 Å². The Morgan fingerprint density at radius 3 is 2.52 bits per heavy atom. The molecule has 1 aliphatic rings. The number of likely N-dealkylation sites (N-methyl/N-ethyl adjacent to an activating group) is 2. The summed E-state index contributed by atoms with van der Waals surface area (Å²) in [6.45, 7) is 9.38. The molecule has 6 heteroatoms. The third-order valence-corrected chi connectivity index (χ3v) is 4.13. The van der Waals surface area contributed by atoms with Crippen LogP contribution in [0.25, 0.3) is 0 Å². The monoisotopic (exact) mass is 292 g/mol. The van der Waals surface area contributed by atoms with Crippen molar-refractivity contribution in [2.24, 2.45) is 0 Å². The Labute approximate surface area is 127 Å². The maximum Gasteiger partial charge on any atom is 0.134 e. The van der Waals surface area contributed by atoms with E-state index in [0.717, 1.165) is 50.8 Å². The van der Waals surface area contributed by atoms with Gasteiger partial charge in [-0.2, -0.15) is 0 Å². The highest BCUT2D eigenvalue weighted by molar-refractivity contribution is 5.57. The highest BCUT2D eigenvalue weighted by atomic mass is 15.3. The van der Waals surface area contributed by atoms with Crippen molar-refractivity contribution in [3.05, 3.63) is 11.9 Å². The largest absolute Gasteiger partial charge is 0.370 e. The molecule has 0 aliphatic carbocycles. The molecular formula is C15H28N6. The predicted octanol–water partition coefficient (Wildman–Crippen LogP) is 1.13. The lowest BCUT2D eigenvalue weighted by atomic mass is 10.1. The molecule has 6 nitrogen and oxygen atoms in total. The van der Waals surface area contributed by atoms with Crippen LogP contribution in [0.5, 0.6) is 0 Å². The minimum absolute atomic E-state index is 0.519. The van der Waals surface area contributed by atoms with Gasteiger partial charge < -0.3 is 15.5 Å². The van der Waals surface area contributed by atoms with Gasteiger partial charge in [-0.3, -0.25) is 4.90 Å². The van der Waals surface area contributed by atoms with E-state index >= 15 is 0 Å². The van der Waals surface area contributed by atoms with Crippen molar-refractivity contribution in [1.82, 2.24) is 19.8 Å². The second-order valence-electron chi connectivity index (χ2n) is 5.71. The molecule has 1 aliphatic heterocycles. The first kappa shape index (κ1) is 16.0. The average Bonchev–Trinajstić information content (AvgIpc) is 2.48. The summed E-state index contributed by atoms with van der Waals surface area (Å²) in [7, 11) is 4.38. The van der Waals surface area contributed by atoms with E-state index < -0.39 is 0 Å². The molecule has 0 spiro atoms. The molecule has 0 bridgehead atoms. The van der Waals surface area contributed by atoms with Crippen LogP contribution >= 0.6 is 0 Å². The number of hydrogen-bond donors (Lipinski definition) is 2. The quantitative estimate of drug-likeness (QED) is 0.820. The van der Waals surface area contributed by atoms with E-state index in [9.17, 15) is 0 Å². The molecule has 2 rings (SSSR count). The second-order valence-corrected chi connectivity index (χ2v) is 5.71. The lowest BCUT2D eigenvalue weighted by Crippen LogP contribution is -2.52. The van der Waals surface area contributed by atoms with E-state index in [0.29, 0.717) is 6.04 Å². The van der Waals surface area contributed by atoms with E-state index in [2.05, 4.69) is 58.3 Å². The molecule has 2 heterocycles. The van der Waals surface area contributed by atoms with Gasteiger partial charge in [0.15, 0.2) is 0 Å². The van der Waals surface area contributed by atoms with Crippen molar-refractivity contribution >= 4 is 11.6 Å². The standard InChI is InChI=1S/C15H28N6/c1-5-13-14(16-6-2)18-11-19-15(13)17-9-12-10-20(3)7-8-21(12)4/h11-12H,5-10H2,1-4H3,(H2,16,17,18,19). The van der Waals surface area contributed by atoms with Crippen molar-refractivity contribution in [3.8, 4) is 0 Å². The van der Waals surface area contributed by atoms with E-state index in [1.54, 1.807) is 6.33 Å². The lowest BCUT2D eigenvalue weighted by Gasteiger charge is -2.37. The summed E-state index contributed by atoms with van der Waals surface area (Å²) in [4.78, 5) is 13.6. The first-order chi connectivity index (χ1) is 10.2. The number of aromatic nitrogens is 2. The molecule has 0 saturated carbocycles. The van der Waals surface area contributed by atoms with Crippen molar-refractivity contribution in [2.75, 3.05) is 57.5 Å². The third kappa shape index (κ3) is 4.04. The Morgan fingerprint density at radius 2 is 1.86 bits per heavy atom. The normalized spacial score (nSPS) is 20.5. The van der Waals surface area contributed by atoms with Gasteiger partial charge in [0, 0.05) is 44.3 Å². The maximum atomic E-state index is 4.43. The molecule has 1 atom stereocenters. The number of piperazine rings is 1. The van der Waals surface area contributed by atoms with Crippen LogP contribution in [0.15, 0.2) is 6.33 Å². The average molecular weight is 292 g/mol. The Hall–Kier alpha value is -1.40. The van der Waals surface area contributed by atoms with Gasteiger partial charge in [-0.05, 0) is 27.4 Å². The molecule has 118 valence electrons. The maximum absolute atomic E-state index is 4.43. The van der Waals surface area contributed by atoms with Crippen LogP contribution in [0.4, 0.5) is 11.6 Å². The molecule has 2 N–H and O–H groups in total. The zero-order valence-electron chi connectivity index (χ0n) is 13.7. The SMILES string of the molecule is CCNc1ncnc(NCC2CN(C)CCN2C)c1CC. The van der Waals surface area contributed by atoms with Crippen LogP contribution in [0.3, 0.4) is 0 Å². The van der Waals surface area contributed by atoms with Crippen LogP contribution in [0, 0.1) is 0 Å². The summed E-state index contributed by atoms with van der Waals surface area (Å²) in [6.07, 6.45) is 2.56. The minimum Gasteiger partial charge on any atom is -0.370 e. The third-order valence-electron chi connectivity index (χ3n) is 4.13. The summed E-state index contributed by atoms with van der Waals surface area (Å²) in [5.74, 6) is 1.91. The number of anilines is 2. The second kappa shape index (κ2) is 7.56. The minimum atomic E-state index is 0.519. The van der Waals surface area contributed by atoms with Crippen LogP contribution in [-0.2, 0) is 6.42 Å². The van der Waals surface area contributed by atoms with Gasteiger partial charge in [0.2, 0.25) is 0 Å². The van der Waals surface area contributed by atoms with Gasteiger partial charge in [0.1, 0.15) is 18.0 Å². The van der Waals surface area contributed by atoms with Crippen molar-refractivity contribution < 1.29 is 0 Å². The Kier molecular flexibility index (Phi) is 5.76. The number of nitrogens with zero attached hydrogens (tertiary/aromatic N) is 4. The first-order valence-corrected chi connectivity index (χ1v) is 7.86. The van der Waals surface area contributed by atoms with E-state index in [4.69, 9.17) is 0 Å². The fourth-order valence-corrected chi connectivity index (χ4v) is 2.76. The van der Waals surface area contributed by atoms with E-state index in [1.807, 2.05) is 0 Å². The molecular weight excluding hydrogens is 264 g/mol. The molecule has 1 fully saturated rings. The van der Waals surface area contributed by atoms with Gasteiger partial charge in [0.05, 0.1) is 0 Å². The van der Waals surface area contributed by atoms with Crippen molar-refractivity contribution in [1.29, 1.82) is 0 Å². The molecule has 1 unspecified atom stereocenters. The molecule has 0 aromatic carbocycles. The lowest BCUT2D eigenvalue weighted by molar-refractivity contribution is 0.122. The fraction of sp³-hybridized carbons (Fsp3) is 0.733. The van der Waals surface area contributed by atoms with Gasteiger partial charge in [-0.15, -0.1) is 0 Å². The first-order valence-electron chi connectivity index (χ1n) is 7.86. The topological polar surface area (TPSA) is 56.3 Å². The number of hydrogen-bond acceptors (Lipinski definition) is 6. The summed E-state index contributed by atoms with van der Waals surface area (Å²) in [6, 6.07) is 0.519. The molecule has 0 amide bonds. The molecule has 1 aromatic heterocycles. The smallest absolute Gasteiger partial charge is 0.134 e. The molecule has 1 saturated heterocycles. The molecule has 0 radical (unpaired) electrons. The van der Waals surface area contributed by atoms with Crippen LogP contribution in [-0.4, -0.2) is 72.6 Å². The number of rotatable bonds is 6.